The summed E-state index contributed by atoms with van der Waals surface area (Å²) in [7, 11) is 0. The van der Waals surface area contributed by atoms with E-state index in [2.05, 4.69) is 95.8 Å². The van der Waals surface area contributed by atoms with Gasteiger partial charge in [-0.3, -0.25) is 0 Å². The second-order valence-electron chi connectivity index (χ2n) is 3.76. The Kier molecular flexibility index (Phi) is 6.15. The van der Waals surface area contributed by atoms with Gasteiger partial charge in [0.25, 0.3) is 0 Å². The Balaban J connectivity index is 2.19. The van der Waals surface area contributed by atoms with Crippen LogP contribution in [0.25, 0.3) is 0 Å². The summed E-state index contributed by atoms with van der Waals surface area (Å²) < 4.78 is 23.1. The van der Waals surface area contributed by atoms with Crippen LogP contribution in [0.4, 0.5) is 4.39 Å². The van der Waals surface area contributed by atoms with Crippen molar-refractivity contribution in [1.29, 1.82) is 0 Å². The molecule has 0 aliphatic rings. The van der Waals surface area contributed by atoms with E-state index in [4.69, 9.17) is 4.74 Å². The summed E-state index contributed by atoms with van der Waals surface area (Å²) in [4.78, 5) is 0. The molecule has 2 aromatic carbocycles. The fourth-order valence-electron chi connectivity index (χ4n) is 1.52. The zero-order valence-electron chi connectivity index (χ0n) is 9.39. The van der Waals surface area contributed by atoms with Gasteiger partial charge in [0, 0.05) is 8.04 Å². The van der Waals surface area contributed by atoms with E-state index in [0.29, 0.717) is 6.61 Å². The number of hydrogen-bond acceptors (Lipinski definition) is 1. The van der Waals surface area contributed by atoms with Gasteiger partial charge in [0.15, 0.2) is 0 Å². The van der Waals surface area contributed by atoms with Gasteiger partial charge in [-0.2, -0.15) is 0 Å². The predicted molar refractivity (Wildman–Crippen MR) is 103 cm³/mol. The quantitative estimate of drug-likeness (QED) is 0.369. The SMILES string of the molecule is Fc1cc(Br)cc(COc2c(I)cc(I)cc2I)c1. The Morgan fingerprint density at radius 3 is 2.21 bits per heavy atom. The number of halogens is 5. The lowest BCUT2D eigenvalue weighted by molar-refractivity contribution is 0.301. The van der Waals surface area contributed by atoms with Crippen molar-refractivity contribution in [2.75, 3.05) is 0 Å². The van der Waals surface area contributed by atoms with E-state index in [1.165, 1.54) is 15.7 Å². The summed E-state index contributed by atoms with van der Waals surface area (Å²) in [6, 6.07) is 8.88. The van der Waals surface area contributed by atoms with Crippen LogP contribution in [0.3, 0.4) is 0 Å². The molecule has 19 heavy (non-hydrogen) atoms. The van der Waals surface area contributed by atoms with Crippen molar-refractivity contribution in [3.05, 3.63) is 56.9 Å². The Bertz CT molecular complexity index is 576. The molecule has 0 radical (unpaired) electrons. The molecule has 0 N–H and O–H groups in total. The van der Waals surface area contributed by atoms with E-state index in [-0.39, 0.29) is 5.82 Å². The Morgan fingerprint density at radius 2 is 1.63 bits per heavy atom. The fraction of sp³-hybridized carbons (Fsp3) is 0.0769. The van der Waals surface area contributed by atoms with Crippen molar-refractivity contribution in [2.45, 2.75) is 6.61 Å². The lowest BCUT2D eigenvalue weighted by Gasteiger charge is -2.11. The van der Waals surface area contributed by atoms with Crippen molar-refractivity contribution in [3.63, 3.8) is 0 Å². The third-order valence-electron chi connectivity index (χ3n) is 2.27. The van der Waals surface area contributed by atoms with Crippen molar-refractivity contribution < 1.29 is 9.13 Å². The molecule has 2 aromatic rings. The Labute approximate surface area is 160 Å². The van der Waals surface area contributed by atoms with Gasteiger partial charge in [-0.15, -0.1) is 0 Å². The van der Waals surface area contributed by atoms with Crippen LogP contribution >= 0.6 is 83.7 Å². The molecule has 0 atom stereocenters. The standard InChI is InChI=1S/C13H7BrFI3O/c14-8-1-7(2-9(15)3-8)6-19-13-11(17)4-10(16)5-12(13)18/h1-5H,6H2. The maximum Gasteiger partial charge on any atom is 0.146 e. The first-order valence-corrected chi connectivity index (χ1v) is 9.21. The van der Waals surface area contributed by atoms with E-state index in [1.54, 1.807) is 0 Å². The normalized spacial score (nSPS) is 10.6. The number of ether oxygens (including phenoxy) is 1. The molecule has 0 saturated carbocycles. The largest absolute Gasteiger partial charge is 0.487 e. The van der Waals surface area contributed by atoms with Gasteiger partial charge in [0.2, 0.25) is 0 Å². The van der Waals surface area contributed by atoms with Crippen molar-refractivity contribution in [1.82, 2.24) is 0 Å². The van der Waals surface area contributed by atoms with Crippen LogP contribution in [0.5, 0.6) is 5.75 Å². The number of rotatable bonds is 3. The molecule has 0 bridgehead atoms. The number of hydrogen-bond donors (Lipinski definition) is 0. The predicted octanol–water partition coefficient (Wildman–Crippen LogP) is 5.98. The highest BCUT2D eigenvalue weighted by Gasteiger charge is 2.09. The highest BCUT2D eigenvalue weighted by Crippen LogP contribution is 2.30. The van der Waals surface area contributed by atoms with Crippen molar-refractivity contribution in [3.8, 4) is 5.75 Å². The first-order valence-electron chi connectivity index (χ1n) is 5.18. The van der Waals surface area contributed by atoms with E-state index in [0.717, 1.165) is 22.9 Å². The van der Waals surface area contributed by atoms with Crippen LogP contribution in [-0.2, 0) is 6.61 Å². The molecular formula is C13H7BrFI3O. The molecule has 0 aromatic heterocycles. The summed E-state index contributed by atoms with van der Waals surface area (Å²) in [5, 5.41) is 0. The third-order valence-corrected chi connectivity index (χ3v) is 4.95. The van der Waals surface area contributed by atoms with E-state index >= 15 is 0 Å². The molecule has 1 nitrogen and oxygen atoms in total. The van der Waals surface area contributed by atoms with Gasteiger partial charge in [0.05, 0.1) is 7.14 Å². The van der Waals surface area contributed by atoms with Crippen LogP contribution in [0.2, 0.25) is 0 Å². The zero-order valence-corrected chi connectivity index (χ0v) is 17.5. The molecule has 0 spiro atoms. The summed E-state index contributed by atoms with van der Waals surface area (Å²) in [5.74, 6) is 0.585. The lowest BCUT2D eigenvalue weighted by atomic mass is 10.2. The van der Waals surface area contributed by atoms with Gasteiger partial charge in [-0.25, -0.2) is 4.39 Å². The molecule has 100 valence electrons. The van der Waals surface area contributed by atoms with E-state index in [1.807, 2.05) is 6.07 Å². The second-order valence-corrected chi connectivity index (χ2v) is 8.25. The van der Waals surface area contributed by atoms with Gasteiger partial charge in [-0.05, 0) is 104 Å². The van der Waals surface area contributed by atoms with Gasteiger partial charge >= 0.3 is 0 Å². The summed E-state index contributed by atoms with van der Waals surface area (Å²) in [6.07, 6.45) is 0. The maximum absolute atomic E-state index is 13.3. The van der Waals surface area contributed by atoms with Gasteiger partial charge in [-0.1, -0.05) is 15.9 Å². The molecule has 0 aliphatic heterocycles. The van der Waals surface area contributed by atoms with Crippen LogP contribution in [0.15, 0.2) is 34.8 Å². The molecule has 0 fully saturated rings. The number of benzene rings is 2. The molecule has 2 rings (SSSR count). The van der Waals surface area contributed by atoms with E-state index < -0.39 is 0 Å². The minimum absolute atomic E-state index is 0.264. The minimum Gasteiger partial charge on any atom is -0.487 e. The molecular weight excluding hydrogens is 652 g/mol. The highest BCUT2D eigenvalue weighted by molar-refractivity contribution is 14.1. The average Bonchev–Trinajstić information content (AvgIpc) is 2.25. The van der Waals surface area contributed by atoms with Crippen molar-refractivity contribution >= 4 is 83.7 Å². The Morgan fingerprint density at radius 1 is 1.00 bits per heavy atom. The smallest absolute Gasteiger partial charge is 0.146 e. The van der Waals surface area contributed by atoms with Crippen molar-refractivity contribution in [2.24, 2.45) is 0 Å². The lowest BCUT2D eigenvalue weighted by Crippen LogP contribution is -2.00. The fourth-order valence-corrected chi connectivity index (χ4v) is 5.92. The summed E-state index contributed by atoms with van der Waals surface area (Å²) >= 11 is 10.1. The molecule has 0 aliphatic carbocycles. The average molecular weight is 659 g/mol. The van der Waals surface area contributed by atoms with Gasteiger partial charge in [0.1, 0.15) is 18.2 Å². The monoisotopic (exact) mass is 658 g/mol. The second kappa shape index (κ2) is 7.21. The summed E-state index contributed by atoms with van der Waals surface area (Å²) in [6.45, 7) is 0.350. The molecule has 0 heterocycles. The summed E-state index contributed by atoms with van der Waals surface area (Å²) in [5.41, 5.74) is 0.803. The first-order chi connectivity index (χ1) is 8.95. The minimum atomic E-state index is -0.264. The van der Waals surface area contributed by atoms with E-state index in [9.17, 15) is 4.39 Å². The maximum atomic E-state index is 13.3. The first kappa shape index (κ1) is 16.2. The highest BCUT2D eigenvalue weighted by atomic mass is 127. The van der Waals surface area contributed by atoms with Crippen LogP contribution in [0, 0.1) is 16.5 Å². The molecule has 0 unspecified atom stereocenters. The zero-order chi connectivity index (χ0) is 14.0. The molecule has 0 amide bonds. The van der Waals surface area contributed by atoms with Crippen LogP contribution in [0.1, 0.15) is 5.56 Å². The molecule has 0 saturated heterocycles. The van der Waals surface area contributed by atoms with Crippen LogP contribution < -0.4 is 4.74 Å². The third kappa shape index (κ3) is 4.67. The Hall–Kier alpha value is 0.840. The van der Waals surface area contributed by atoms with Gasteiger partial charge < -0.3 is 4.74 Å². The topological polar surface area (TPSA) is 9.23 Å². The van der Waals surface area contributed by atoms with Crippen LogP contribution in [-0.4, -0.2) is 0 Å². The molecule has 6 heteroatoms.